The van der Waals surface area contributed by atoms with E-state index in [1.54, 1.807) is 0 Å². The lowest BCUT2D eigenvalue weighted by atomic mass is 10.1. The highest BCUT2D eigenvalue weighted by Crippen LogP contribution is 2.20. The molecule has 0 aliphatic heterocycles. The van der Waals surface area contributed by atoms with Crippen LogP contribution in [-0.2, 0) is 14.4 Å². The molecule has 0 spiro atoms. The summed E-state index contributed by atoms with van der Waals surface area (Å²) in [5, 5.41) is 13.7. The first-order chi connectivity index (χ1) is 9.91. The van der Waals surface area contributed by atoms with Crippen LogP contribution in [0.3, 0.4) is 0 Å². The fourth-order valence-electron chi connectivity index (χ4n) is 1.23. The van der Waals surface area contributed by atoms with Crippen LogP contribution in [0.25, 0.3) is 0 Å². The molecule has 3 N–H and O–H groups in total. The number of hydrogen-bond acceptors (Lipinski definition) is 5. The van der Waals surface area contributed by atoms with Gasteiger partial charge in [0.1, 0.15) is 0 Å². The molecule has 2 amide bonds. The Morgan fingerprint density at radius 1 is 1.00 bits per heavy atom. The van der Waals surface area contributed by atoms with Crippen molar-refractivity contribution in [2.45, 2.75) is 33.1 Å². The van der Waals surface area contributed by atoms with Crippen molar-refractivity contribution in [2.24, 2.45) is 5.92 Å². The molecule has 0 fully saturated rings. The van der Waals surface area contributed by atoms with Crippen LogP contribution in [0.15, 0.2) is 0 Å². The molecule has 0 aliphatic rings. The molecular weight excluding hydrogens is 312 g/mol. The number of nitrogens with one attached hydrogen (secondary N) is 2. The Balaban J connectivity index is 3.42. The van der Waals surface area contributed by atoms with E-state index >= 15 is 0 Å². The summed E-state index contributed by atoms with van der Waals surface area (Å²) in [5.74, 6) is 0.628. The molecule has 0 unspecified atom stereocenters. The molecule has 0 saturated heterocycles. The van der Waals surface area contributed by atoms with Gasteiger partial charge in [0, 0.05) is 24.5 Å². The van der Waals surface area contributed by atoms with Crippen LogP contribution in [0.4, 0.5) is 0 Å². The summed E-state index contributed by atoms with van der Waals surface area (Å²) in [7, 11) is 3.00. The van der Waals surface area contributed by atoms with Gasteiger partial charge < -0.3 is 15.7 Å². The average molecular weight is 336 g/mol. The summed E-state index contributed by atoms with van der Waals surface area (Å²) in [6.45, 7) is 4.61. The summed E-state index contributed by atoms with van der Waals surface area (Å²) >= 11 is 0. The van der Waals surface area contributed by atoms with Crippen molar-refractivity contribution in [3.63, 3.8) is 0 Å². The first kappa shape index (κ1) is 20.1. The smallest absolute Gasteiger partial charge is 0.304 e. The number of carboxylic acids is 1. The Bertz CT molecular complexity index is 338. The zero-order chi connectivity index (χ0) is 16.1. The second-order valence-corrected chi connectivity index (χ2v) is 7.55. The molecule has 0 aromatic carbocycles. The maximum absolute atomic E-state index is 11.4. The predicted octanol–water partition coefficient (Wildman–Crippen LogP) is 1.51. The minimum absolute atomic E-state index is 0.00769. The molecule has 6 nitrogen and oxygen atoms in total. The van der Waals surface area contributed by atoms with Gasteiger partial charge >= 0.3 is 5.97 Å². The zero-order valence-corrected chi connectivity index (χ0v) is 14.1. The number of rotatable bonds is 12. The van der Waals surface area contributed by atoms with E-state index in [1.165, 1.54) is 21.6 Å². The van der Waals surface area contributed by atoms with Gasteiger partial charge in [-0.25, -0.2) is 0 Å². The largest absolute Gasteiger partial charge is 0.481 e. The Morgan fingerprint density at radius 2 is 1.67 bits per heavy atom. The van der Waals surface area contributed by atoms with Gasteiger partial charge in [0.2, 0.25) is 11.8 Å². The second-order valence-electron chi connectivity index (χ2n) is 4.85. The highest BCUT2D eigenvalue weighted by molar-refractivity contribution is 8.76. The SMILES string of the molecule is CC(C)CCC(=O)NCC(=O)NCCSSCCC(=O)O. The molecule has 0 rings (SSSR count). The first-order valence-electron chi connectivity index (χ1n) is 6.91. The van der Waals surface area contributed by atoms with Crippen LogP contribution in [0.1, 0.15) is 33.1 Å². The fourth-order valence-corrected chi connectivity index (χ4v) is 3.11. The summed E-state index contributed by atoms with van der Waals surface area (Å²) < 4.78 is 0. The van der Waals surface area contributed by atoms with Crippen molar-refractivity contribution in [3.8, 4) is 0 Å². The Labute approximate surface area is 133 Å². The molecular formula is C13H24N2O4S2. The van der Waals surface area contributed by atoms with Crippen molar-refractivity contribution in [1.82, 2.24) is 10.6 Å². The van der Waals surface area contributed by atoms with Gasteiger partial charge in [0.15, 0.2) is 0 Å². The topological polar surface area (TPSA) is 95.5 Å². The Morgan fingerprint density at radius 3 is 2.29 bits per heavy atom. The minimum Gasteiger partial charge on any atom is -0.481 e. The third-order valence-corrected chi connectivity index (χ3v) is 4.79. The number of amides is 2. The van der Waals surface area contributed by atoms with Crippen molar-refractivity contribution < 1.29 is 19.5 Å². The lowest BCUT2D eigenvalue weighted by Crippen LogP contribution is -2.37. The van der Waals surface area contributed by atoms with E-state index in [0.29, 0.717) is 30.4 Å². The Kier molecular flexibility index (Phi) is 12.3. The van der Waals surface area contributed by atoms with Crippen molar-refractivity contribution in [2.75, 3.05) is 24.6 Å². The normalized spacial score (nSPS) is 10.4. The molecule has 0 aromatic heterocycles. The lowest BCUT2D eigenvalue weighted by molar-refractivity contribution is -0.136. The summed E-state index contributed by atoms with van der Waals surface area (Å²) in [6.07, 6.45) is 1.41. The molecule has 122 valence electrons. The van der Waals surface area contributed by atoms with Crippen LogP contribution in [-0.4, -0.2) is 47.5 Å². The highest BCUT2D eigenvalue weighted by Gasteiger charge is 2.06. The Hall–Kier alpha value is -0.890. The lowest BCUT2D eigenvalue weighted by Gasteiger charge is -2.07. The monoisotopic (exact) mass is 336 g/mol. The van der Waals surface area contributed by atoms with Crippen LogP contribution in [0, 0.1) is 5.92 Å². The van der Waals surface area contributed by atoms with Gasteiger partial charge in [-0.1, -0.05) is 35.4 Å². The van der Waals surface area contributed by atoms with Gasteiger partial charge in [-0.2, -0.15) is 0 Å². The van der Waals surface area contributed by atoms with Crippen LogP contribution >= 0.6 is 21.6 Å². The highest BCUT2D eigenvalue weighted by atomic mass is 33.1. The number of carboxylic acid groups (broad SMARTS) is 1. The fraction of sp³-hybridized carbons (Fsp3) is 0.769. The predicted molar refractivity (Wildman–Crippen MR) is 87.3 cm³/mol. The van der Waals surface area contributed by atoms with E-state index < -0.39 is 5.97 Å². The number of hydrogen-bond donors (Lipinski definition) is 3. The summed E-state index contributed by atoms with van der Waals surface area (Å²) in [6, 6.07) is 0. The first-order valence-corrected chi connectivity index (χ1v) is 9.40. The van der Waals surface area contributed by atoms with Gasteiger partial charge in [-0.05, 0) is 12.3 Å². The molecule has 0 atom stereocenters. The molecule has 21 heavy (non-hydrogen) atoms. The van der Waals surface area contributed by atoms with Crippen molar-refractivity contribution in [1.29, 1.82) is 0 Å². The zero-order valence-electron chi connectivity index (χ0n) is 12.5. The van der Waals surface area contributed by atoms with Crippen LogP contribution < -0.4 is 10.6 Å². The molecule has 0 aromatic rings. The van der Waals surface area contributed by atoms with E-state index in [0.717, 1.165) is 6.42 Å². The van der Waals surface area contributed by atoms with E-state index in [-0.39, 0.29) is 24.8 Å². The number of aliphatic carboxylic acids is 1. The maximum atomic E-state index is 11.4. The molecule has 8 heteroatoms. The standard InChI is InChI=1S/C13H24N2O4S2/c1-10(2)3-4-11(16)15-9-12(17)14-6-8-21-20-7-5-13(18)19/h10H,3-9H2,1-2H3,(H,14,17)(H,15,16)(H,18,19). The molecule has 0 aliphatic carbocycles. The minimum atomic E-state index is -0.801. The van der Waals surface area contributed by atoms with E-state index in [2.05, 4.69) is 10.6 Å². The van der Waals surface area contributed by atoms with Crippen molar-refractivity contribution in [3.05, 3.63) is 0 Å². The van der Waals surface area contributed by atoms with Gasteiger partial charge in [-0.15, -0.1) is 0 Å². The van der Waals surface area contributed by atoms with E-state index in [9.17, 15) is 14.4 Å². The van der Waals surface area contributed by atoms with Crippen molar-refractivity contribution >= 4 is 39.4 Å². The second kappa shape index (κ2) is 12.8. The van der Waals surface area contributed by atoms with Crippen LogP contribution in [0.2, 0.25) is 0 Å². The summed E-state index contributed by atoms with van der Waals surface area (Å²) in [5.41, 5.74) is 0. The van der Waals surface area contributed by atoms with Crippen LogP contribution in [0.5, 0.6) is 0 Å². The molecule has 0 bridgehead atoms. The quantitative estimate of drug-likeness (QED) is 0.369. The average Bonchev–Trinajstić information content (AvgIpc) is 2.41. The van der Waals surface area contributed by atoms with Gasteiger partial charge in [0.05, 0.1) is 13.0 Å². The van der Waals surface area contributed by atoms with Gasteiger partial charge in [-0.3, -0.25) is 14.4 Å². The molecule has 0 saturated carbocycles. The maximum Gasteiger partial charge on any atom is 0.304 e. The summed E-state index contributed by atoms with van der Waals surface area (Å²) in [4.78, 5) is 33.1. The molecule has 0 heterocycles. The van der Waals surface area contributed by atoms with E-state index in [4.69, 9.17) is 5.11 Å². The van der Waals surface area contributed by atoms with Gasteiger partial charge in [0.25, 0.3) is 0 Å². The number of carbonyl (C=O) groups is 3. The van der Waals surface area contributed by atoms with E-state index in [1.807, 2.05) is 13.8 Å². The number of carbonyl (C=O) groups excluding carboxylic acids is 2. The third kappa shape index (κ3) is 15.3. The third-order valence-electron chi connectivity index (χ3n) is 2.39. The molecule has 0 radical (unpaired) electrons.